The third-order valence-corrected chi connectivity index (χ3v) is 3.89. The number of nitrogens with zero attached hydrogens (tertiary/aromatic N) is 5. The number of aromatic nitrogens is 4. The SMILES string of the molecule is CCN(CC)c1ccc(-n2nnnc2SCC(=O)O)cc1. The lowest BCUT2D eigenvalue weighted by Crippen LogP contribution is -2.21. The molecule has 2 rings (SSSR count). The fraction of sp³-hybridized carbons (Fsp3) is 0.385. The number of thioether (sulfide) groups is 1. The highest BCUT2D eigenvalue weighted by molar-refractivity contribution is 7.99. The lowest BCUT2D eigenvalue weighted by atomic mass is 10.2. The molecule has 0 amide bonds. The second-order valence-corrected chi connectivity index (χ2v) is 5.19. The molecule has 1 aromatic heterocycles. The number of hydrogen-bond donors (Lipinski definition) is 1. The van der Waals surface area contributed by atoms with Gasteiger partial charge in [0.15, 0.2) is 0 Å². The summed E-state index contributed by atoms with van der Waals surface area (Å²) in [6.45, 7) is 6.11. The van der Waals surface area contributed by atoms with Crippen molar-refractivity contribution < 1.29 is 9.90 Å². The van der Waals surface area contributed by atoms with Crippen molar-refractivity contribution in [2.45, 2.75) is 19.0 Å². The van der Waals surface area contributed by atoms with Crippen LogP contribution >= 0.6 is 11.8 Å². The van der Waals surface area contributed by atoms with E-state index >= 15 is 0 Å². The van der Waals surface area contributed by atoms with Crippen LogP contribution in [0.1, 0.15) is 13.8 Å². The Morgan fingerprint density at radius 3 is 2.52 bits per heavy atom. The minimum absolute atomic E-state index is 0.0715. The van der Waals surface area contributed by atoms with Gasteiger partial charge in [-0.15, -0.1) is 5.10 Å². The zero-order valence-electron chi connectivity index (χ0n) is 11.9. The molecule has 0 radical (unpaired) electrons. The number of carboxylic acid groups (broad SMARTS) is 1. The number of aliphatic carboxylic acids is 1. The van der Waals surface area contributed by atoms with E-state index in [-0.39, 0.29) is 5.75 Å². The van der Waals surface area contributed by atoms with Crippen LogP contribution < -0.4 is 4.90 Å². The second kappa shape index (κ2) is 7.07. The number of rotatable bonds is 7. The first-order valence-corrected chi connectivity index (χ1v) is 7.62. The highest BCUT2D eigenvalue weighted by Crippen LogP contribution is 2.21. The molecule has 0 aliphatic carbocycles. The van der Waals surface area contributed by atoms with Crippen LogP contribution in [0.3, 0.4) is 0 Å². The standard InChI is InChI=1S/C13H17N5O2S/c1-3-17(4-2)10-5-7-11(8-6-10)18-13(14-15-16-18)21-9-12(19)20/h5-8H,3-4,9H2,1-2H3,(H,19,20). The van der Waals surface area contributed by atoms with Gasteiger partial charge in [0, 0.05) is 18.8 Å². The Kier molecular flexibility index (Phi) is 5.15. The summed E-state index contributed by atoms with van der Waals surface area (Å²) in [7, 11) is 0. The number of carbonyl (C=O) groups is 1. The molecule has 2 aromatic rings. The van der Waals surface area contributed by atoms with Crippen molar-refractivity contribution in [1.82, 2.24) is 20.2 Å². The summed E-state index contributed by atoms with van der Waals surface area (Å²) in [5, 5.41) is 20.5. The Balaban J connectivity index is 2.19. The van der Waals surface area contributed by atoms with Crippen LogP contribution in [0.25, 0.3) is 5.69 Å². The van der Waals surface area contributed by atoms with E-state index in [1.807, 2.05) is 24.3 Å². The normalized spacial score (nSPS) is 10.6. The predicted octanol–water partition coefficient (Wildman–Crippen LogP) is 1.69. The van der Waals surface area contributed by atoms with Crippen molar-refractivity contribution in [1.29, 1.82) is 0 Å². The summed E-state index contributed by atoms with van der Waals surface area (Å²) >= 11 is 1.09. The van der Waals surface area contributed by atoms with Gasteiger partial charge in [-0.25, -0.2) is 0 Å². The summed E-state index contributed by atoms with van der Waals surface area (Å²) in [6.07, 6.45) is 0. The first-order valence-electron chi connectivity index (χ1n) is 6.64. The number of hydrogen-bond acceptors (Lipinski definition) is 6. The van der Waals surface area contributed by atoms with Crippen LogP contribution in [-0.4, -0.2) is 50.1 Å². The van der Waals surface area contributed by atoms with E-state index in [4.69, 9.17) is 5.11 Å². The van der Waals surface area contributed by atoms with E-state index in [0.29, 0.717) is 5.16 Å². The van der Waals surface area contributed by atoms with E-state index in [1.54, 1.807) is 4.68 Å². The van der Waals surface area contributed by atoms with Gasteiger partial charge in [-0.1, -0.05) is 11.8 Å². The lowest BCUT2D eigenvalue weighted by Gasteiger charge is -2.21. The average molecular weight is 307 g/mol. The van der Waals surface area contributed by atoms with Crippen LogP contribution in [0.4, 0.5) is 5.69 Å². The van der Waals surface area contributed by atoms with Gasteiger partial charge in [0.2, 0.25) is 5.16 Å². The zero-order chi connectivity index (χ0) is 15.2. The molecule has 0 saturated carbocycles. The molecule has 0 saturated heterocycles. The maximum absolute atomic E-state index is 10.6. The molecule has 1 heterocycles. The molecule has 8 heteroatoms. The van der Waals surface area contributed by atoms with E-state index < -0.39 is 5.97 Å². The van der Waals surface area contributed by atoms with Gasteiger partial charge in [0.25, 0.3) is 0 Å². The van der Waals surface area contributed by atoms with Crippen LogP contribution in [0.2, 0.25) is 0 Å². The van der Waals surface area contributed by atoms with Gasteiger partial charge < -0.3 is 10.0 Å². The minimum Gasteiger partial charge on any atom is -0.481 e. The third-order valence-electron chi connectivity index (χ3n) is 2.99. The molecule has 0 atom stereocenters. The van der Waals surface area contributed by atoms with Crippen molar-refractivity contribution in [2.75, 3.05) is 23.7 Å². The van der Waals surface area contributed by atoms with Crippen molar-refractivity contribution >= 4 is 23.4 Å². The third kappa shape index (κ3) is 3.72. The molecule has 7 nitrogen and oxygen atoms in total. The van der Waals surface area contributed by atoms with E-state index in [2.05, 4.69) is 34.3 Å². The molecular formula is C13H17N5O2S. The molecule has 0 bridgehead atoms. The fourth-order valence-electron chi connectivity index (χ4n) is 1.95. The first kappa shape index (κ1) is 15.3. The van der Waals surface area contributed by atoms with E-state index in [9.17, 15) is 4.79 Å². The smallest absolute Gasteiger partial charge is 0.313 e. The Bertz CT molecular complexity index is 595. The topological polar surface area (TPSA) is 84.1 Å². The summed E-state index contributed by atoms with van der Waals surface area (Å²) in [4.78, 5) is 12.9. The van der Waals surface area contributed by atoms with Crippen molar-refractivity contribution in [3.05, 3.63) is 24.3 Å². The highest BCUT2D eigenvalue weighted by atomic mass is 32.2. The highest BCUT2D eigenvalue weighted by Gasteiger charge is 2.11. The van der Waals surface area contributed by atoms with Gasteiger partial charge >= 0.3 is 5.97 Å². The lowest BCUT2D eigenvalue weighted by molar-refractivity contribution is -0.133. The summed E-state index contributed by atoms with van der Waals surface area (Å²) < 4.78 is 1.54. The van der Waals surface area contributed by atoms with Crippen LogP contribution in [0.15, 0.2) is 29.4 Å². The molecule has 0 fully saturated rings. The zero-order valence-corrected chi connectivity index (χ0v) is 12.7. The van der Waals surface area contributed by atoms with Gasteiger partial charge in [-0.3, -0.25) is 4.79 Å². The quantitative estimate of drug-likeness (QED) is 0.779. The molecular weight excluding hydrogens is 290 g/mol. The molecule has 0 aliphatic heterocycles. The molecule has 0 spiro atoms. The van der Waals surface area contributed by atoms with E-state index in [1.165, 1.54) is 0 Å². The number of anilines is 1. The summed E-state index contributed by atoms with van der Waals surface area (Å²) in [5.41, 5.74) is 1.94. The number of carboxylic acids is 1. The van der Waals surface area contributed by atoms with Gasteiger partial charge in [0.05, 0.1) is 11.4 Å². The average Bonchev–Trinajstić information content (AvgIpc) is 2.95. The Morgan fingerprint density at radius 2 is 1.95 bits per heavy atom. The molecule has 21 heavy (non-hydrogen) atoms. The monoisotopic (exact) mass is 307 g/mol. The van der Waals surface area contributed by atoms with Gasteiger partial charge in [-0.05, 0) is 48.5 Å². The van der Waals surface area contributed by atoms with Crippen LogP contribution in [0, 0.1) is 0 Å². The van der Waals surface area contributed by atoms with Gasteiger partial charge in [-0.2, -0.15) is 4.68 Å². The van der Waals surface area contributed by atoms with Crippen LogP contribution in [0.5, 0.6) is 0 Å². The number of benzene rings is 1. The maximum Gasteiger partial charge on any atom is 0.313 e. The van der Waals surface area contributed by atoms with Gasteiger partial charge in [0.1, 0.15) is 0 Å². The van der Waals surface area contributed by atoms with Crippen molar-refractivity contribution in [3.63, 3.8) is 0 Å². The summed E-state index contributed by atoms with van der Waals surface area (Å²) in [6, 6.07) is 7.87. The molecule has 1 N–H and O–H groups in total. The Labute approximate surface area is 127 Å². The maximum atomic E-state index is 10.6. The molecule has 0 aliphatic rings. The second-order valence-electron chi connectivity index (χ2n) is 4.24. The predicted molar refractivity (Wildman–Crippen MR) is 81.1 cm³/mol. The molecule has 112 valence electrons. The summed E-state index contributed by atoms with van der Waals surface area (Å²) in [5.74, 6) is -0.968. The fourth-order valence-corrected chi connectivity index (χ4v) is 2.56. The first-order chi connectivity index (χ1) is 10.2. The van der Waals surface area contributed by atoms with Crippen molar-refractivity contribution in [3.8, 4) is 5.69 Å². The Morgan fingerprint density at radius 1 is 1.29 bits per heavy atom. The molecule has 0 unspecified atom stereocenters. The minimum atomic E-state index is -0.897. The number of tetrazole rings is 1. The largest absolute Gasteiger partial charge is 0.481 e. The molecule has 1 aromatic carbocycles. The van der Waals surface area contributed by atoms with Crippen LogP contribution in [-0.2, 0) is 4.79 Å². The Hall–Kier alpha value is -2.09. The van der Waals surface area contributed by atoms with Crippen molar-refractivity contribution in [2.24, 2.45) is 0 Å². The van der Waals surface area contributed by atoms with E-state index in [0.717, 1.165) is 36.2 Å².